The van der Waals surface area contributed by atoms with Gasteiger partial charge in [0, 0.05) is 57.7 Å². The summed E-state index contributed by atoms with van der Waals surface area (Å²) >= 11 is 0. The molecule has 0 saturated carbocycles. The molecule has 0 aromatic carbocycles. The van der Waals surface area contributed by atoms with Crippen LogP contribution >= 0.6 is 0 Å². The Morgan fingerprint density at radius 2 is 1.05 bits per heavy atom. The summed E-state index contributed by atoms with van der Waals surface area (Å²) in [7, 11) is 0. The highest BCUT2D eigenvalue weighted by Crippen LogP contribution is 2.19. The summed E-state index contributed by atoms with van der Waals surface area (Å²) in [4.78, 5) is 83.6. The van der Waals surface area contributed by atoms with Crippen molar-refractivity contribution in [1.82, 2.24) is 20.9 Å². The second kappa shape index (κ2) is 32.6. The molecule has 1 aliphatic rings. The largest absolute Gasteiger partial charge is 0.481 e. The van der Waals surface area contributed by atoms with Crippen LogP contribution in [0, 0.1) is 5.92 Å². The van der Waals surface area contributed by atoms with Gasteiger partial charge in [-0.1, -0.05) is 90.4 Å². The topological polar surface area (TPSA) is 218 Å². The van der Waals surface area contributed by atoms with Gasteiger partial charge in [0.1, 0.15) is 6.04 Å². The molecule has 1 fully saturated rings. The molecule has 1 aliphatic heterocycles. The van der Waals surface area contributed by atoms with Gasteiger partial charge < -0.3 is 35.6 Å². The Labute approximate surface area is 327 Å². The maximum absolute atomic E-state index is 12.3. The molecule has 5 amide bonds. The van der Waals surface area contributed by atoms with Crippen molar-refractivity contribution in [2.45, 2.75) is 161 Å². The van der Waals surface area contributed by atoms with Crippen molar-refractivity contribution in [1.29, 1.82) is 0 Å². The minimum absolute atomic E-state index is 0.00655. The van der Waals surface area contributed by atoms with Crippen molar-refractivity contribution in [3.63, 3.8) is 0 Å². The van der Waals surface area contributed by atoms with E-state index < -0.39 is 18.0 Å². The number of hydrogen-bond donors (Lipinski definition) is 5. The highest BCUT2D eigenvalue weighted by atomic mass is 16.5. The first-order chi connectivity index (χ1) is 26.5. The van der Waals surface area contributed by atoms with E-state index >= 15 is 0 Å². The van der Waals surface area contributed by atoms with Crippen LogP contribution in [0.4, 0.5) is 0 Å². The first-order valence-corrected chi connectivity index (χ1v) is 20.8. The number of unbranched alkanes of at least 4 members (excludes halogenated alkanes) is 15. The van der Waals surface area contributed by atoms with Gasteiger partial charge in [-0.25, -0.2) is 4.79 Å². The lowest BCUT2D eigenvalue weighted by molar-refractivity contribution is -0.142. The number of carbonyl (C=O) groups excluding carboxylic acids is 5. The predicted octanol–water partition coefficient (Wildman–Crippen LogP) is 4.88. The highest BCUT2D eigenvalue weighted by molar-refractivity contribution is 6.03. The fraction of sp³-hybridized carbons (Fsp3) is 0.825. The fourth-order valence-electron chi connectivity index (χ4n) is 6.32. The number of aliphatic carboxylic acids is 2. The molecule has 0 aromatic rings. The molecule has 15 nitrogen and oxygen atoms in total. The van der Waals surface area contributed by atoms with Crippen LogP contribution in [0.15, 0.2) is 0 Å². The first kappa shape index (κ1) is 49.4. The number of hydrogen-bond acceptors (Lipinski definition) is 9. The molecular weight excluding hydrogens is 712 g/mol. The minimum Gasteiger partial charge on any atom is -0.481 e. The van der Waals surface area contributed by atoms with Crippen molar-refractivity contribution >= 4 is 41.5 Å². The molecule has 316 valence electrons. The van der Waals surface area contributed by atoms with Crippen molar-refractivity contribution in [2.24, 2.45) is 5.92 Å². The number of rotatable bonds is 37. The summed E-state index contributed by atoms with van der Waals surface area (Å²) in [6.07, 6.45) is 18.4. The maximum Gasteiger partial charge on any atom is 0.326 e. The van der Waals surface area contributed by atoms with E-state index in [9.17, 15) is 38.7 Å². The van der Waals surface area contributed by atoms with E-state index in [-0.39, 0.29) is 80.7 Å². The second-order valence-electron chi connectivity index (χ2n) is 14.6. The fourth-order valence-corrected chi connectivity index (χ4v) is 6.32. The Bertz CT molecular complexity index is 1140. The summed E-state index contributed by atoms with van der Waals surface area (Å²) in [5.74, 6) is -3.07. The molecule has 2 unspecified atom stereocenters. The van der Waals surface area contributed by atoms with E-state index in [4.69, 9.17) is 14.6 Å². The van der Waals surface area contributed by atoms with E-state index in [0.717, 1.165) is 44.9 Å². The van der Waals surface area contributed by atoms with E-state index in [1.165, 1.54) is 49.8 Å². The molecule has 55 heavy (non-hydrogen) atoms. The monoisotopic (exact) mass is 783 g/mol. The molecule has 2 atom stereocenters. The summed E-state index contributed by atoms with van der Waals surface area (Å²) in [6.45, 7) is 3.99. The maximum atomic E-state index is 12.3. The third-order valence-electron chi connectivity index (χ3n) is 9.60. The molecular formula is C40H70N4O11. The number of carboxylic acids is 2. The van der Waals surface area contributed by atoms with Crippen molar-refractivity contribution in [2.75, 3.05) is 46.1 Å². The Balaban J connectivity index is 1.91. The van der Waals surface area contributed by atoms with E-state index in [0.29, 0.717) is 58.6 Å². The number of nitrogens with zero attached hydrogens (tertiary/aromatic N) is 1. The molecule has 0 spiro atoms. The van der Waals surface area contributed by atoms with Crippen molar-refractivity contribution < 1.29 is 53.2 Å². The zero-order valence-corrected chi connectivity index (χ0v) is 33.4. The van der Waals surface area contributed by atoms with Gasteiger partial charge in [0.05, 0.1) is 26.4 Å². The van der Waals surface area contributed by atoms with Gasteiger partial charge in [-0.2, -0.15) is 0 Å². The Morgan fingerprint density at radius 1 is 0.618 bits per heavy atom. The Hall–Kier alpha value is -3.59. The quantitative estimate of drug-likeness (QED) is 0.0423. The Morgan fingerprint density at radius 3 is 1.51 bits per heavy atom. The number of carboxylic acid groups (broad SMARTS) is 2. The molecule has 0 radical (unpaired) electrons. The van der Waals surface area contributed by atoms with E-state index in [1.54, 1.807) is 6.92 Å². The van der Waals surface area contributed by atoms with Gasteiger partial charge >= 0.3 is 11.9 Å². The lowest BCUT2D eigenvalue weighted by Crippen LogP contribution is -2.41. The van der Waals surface area contributed by atoms with E-state index in [2.05, 4.69) is 16.0 Å². The number of nitrogens with one attached hydrogen (secondary N) is 3. The van der Waals surface area contributed by atoms with Crippen LogP contribution in [0.3, 0.4) is 0 Å². The molecule has 0 bridgehead atoms. The van der Waals surface area contributed by atoms with Crippen molar-refractivity contribution in [3.8, 4) is 0 Å². The zero-order chi connectivity index (χ0) is 40.5. The third-order valence-corrected chi connectivity index (χ3v) is 9.60. The standard InChI is InChI=1S/C40H70N4O11/c1-32-31-37(48)44(39(32)51)26-18-14-16-19-34(45)41-24-27-54-29-30-55-28-25-42-35(46)23-22-33(40(52)53)43-36(47)20-15-12-10-8-6-4-2-3-5-7-9-11-13-17-21-38(49)50/h32-33H,2-31H2,1H3,(H,41,45)(H,42,46)(H,43,47)(H,49,50)(H,52,53). The Kier molecular flexibility index (Phi) is 29.3. The molecule has 1 saturated heterocycles. The third kappa shape index (κ3) is 27.6. The normalized spacial score (nSPS) is 14.6. The predicted molar refractivity (Wildman–Crippen MR) is 207 cm³/mol. The molecule has 15 heteroatoms. The number of carbonyl (C=O) groups is 7. The summed E-state index contributed by atoms with van der Waals surface area (Å²) in [5.41, 5.74) is 0. The van der Waals surface area contributed by atoms with Gasteiger partial charge in [0.25, 0.3) is 0 Å². The van der Waals surface area contributed by atoms with Gasteiger partial charge in [0.2, 0.25) is 29.5 Å². The number of ether oxygens (including phenoxy) is 2. The van der Waals surface area contributed by atoms with Crippen molar-refractivity contribution in [3.05, 3.63) is 0 Å². The van der Waals surface area contributed by atoms with Crippen LogP contribution in [-0.2, 0) is 43.0 Å². The average molecular weight is 783 g/mol. The number of likely N-dealkylation sites (tertiary alicyclic amines) is 1. The van der Waals surface area contributed by atoms with Crippen LogP contribution in [-0.4, -0.2) is 109 Å². The zero-order valence-electron chi connectivity index (χ0n) is 33.4. The number of imide groups is 1. The van der Waals surface area contributed by atoms with E-state index in [1.807, 2.05) is 0 Å². The lowest BCUT2D eigenvalue weighted by atomic mass is 10.0. The van der Waals surface area contributed by atoms with Gasteiger partial charge in [-0.15, -0.1) is 0 Å². The summed E-state index contributed by atoms with van der Waals surface area (Å²) in [5, 5.41) is 26.1. The van der Waals surface area contributed by atoms with Crippen LogP contribution in [0.1, 0.15) is 155 Å². The lowest BCUT2D eigenvalue weighted by Gasteiger charge is -2.14. The highest BCUT2D eigenvalue weighted by Gasteiger charge is 2.34. The van der Waals surface area contributed by atoms with Crippen LogP contribution in [0.2, 0.25) is 0 Å². The van der Waals surface area contributed by atoms with Gasteiger partial charge in [0.15, 0.2) is 0 Å². The average Bonchev–Trinajstić information content (AvgIpc) is 3.38. The summed E-state index contributed by atoms with van der Waals surface area (Å²) in [6, 6.07) is -1.12. The van der Waals surface area contributed by atoms with Crippen LogP contribution in [0.25, 0.3) is 0 Å². The van der Waals surface area contributed by atoms with Gasteiger partial charge in [-0.3, -0.25) is 33.7 Å². The molecule has 5 N–H and O–H groups in total. The second-order valence-corrected chi connectivity index (χ2v) is 14.6. The first-order valence-electron chi connectivity index (χ1n) is 20.8. The molecule has 1 heterocycles. The smallest absolute Gasteiger partial charge is 0.326 e. The number of amides is 5. The minimum atomic E-state index is -1.17. The summed E-state index contributed by atoms with van der Waals surface area (Å²) < 4.78 is 10.9. The SMILES string of the molecule is CC1CC(=O)N(CCCCCC(=O)NCCOCCOCCNC(=O)CCC(NC(=O)CCCCCCCCCCCCCCCCC(=O)O)C(=O)O)C1=O. The molecule has 0 aliphatic carbocycles. The molecule has 0 aromatic heterocycles. The van der Waals surface area contributed by atoms with Gasteiger partial charge in [-0.05, 0) is 32.1 Å². The van der Waals surface area contributed by atoms with Crippen LogP contribution in [0.5, 0.6) is 0 Å². The molecule has 1 rings (SSSR count). The van der Waals surface area contributed by atoms with Crippen LogP contribution < -0.4 is 16.0 Å².